The maximum atomic E-state index is 13.8. The summed E-state index contributed by atoms with van der Waals surface area (Å²) < 4.78 is 13.0. The first kappa shape index (κ1) is 26.0. The standard InChI is InChI=1S/C28H40N4O4/c1-17-10-8-12-21-19(3)32(30-25(17)21)16-24(33)31-15-14-22(29-27(34)36-28(4,5)6)26(31)20-11-9-13-23(35-7)18(20)2/h9,11,13,17,22,26H,8,10,12,14-16H2,1-7H3,(H,29,34)/t17-,22+,26+/m0/s1. The molecule has 1 aliphatic heterocycles. The second-order valence-electron chi connectivity index (χ2n) is 11.1. The van der Waals surface area contributed by atoms with Gasteiger partial charge in [0.25, 0.3) is 0 Å². The molecule has 36 heavy (non-hydrogen) atoms. The van der Waals surface area contributed by atoms with Crippen LogP contribution in [0.2, 0.25) is 0 Å². The molecule has 1 saturated heterocycles. The molecule has 1 fully saturated rings. The lowest BCUT2D eigenvalue weighted by Gasteiger charge is -2.31. The molecule has 2 amide bonds. The lowest BCUT2D eigenvalue weighted by molar-refractivity contribution is -0.133. The highest BCUT2D eigenvalue weighted by atomic mass is 16.6. The van der Waals surface area contributed by atoms with Gasteiger partial charge >= 0.3 is 6.09 Å². The topological polar surface area (TPSA) is 85.7 Å². The van der Waals surface area contributed by atoms with Gasteiger partial charge < -0.3 is 19.7 Å². The van der Waals surface area contributed by atoms with Crippen LogP contribution in [0.4, 0.5) is 4.79 Å². The van der Waals surface area contributed by atoms with Gasteiger partial charge in [0.05, 0.1) is 24.9 Å². The van der Waals surface area contributed by atoms with E-state index in [1.54, 1.807) is 7.11 Å². The monoisotopic (exact) mass is 496 g/mol. The molecule has 0 bridgehead atoms. The van der Waals surface area contributed by atoms with E-state index in [0.29, 0.717) is 18.9 Å². The SMILES string of the molecule is COc1cccc([C@@H]2[C@H](NC(=O)OC(C)(C)C)CCN2C(=O)Cn2nc3c(c2C)CCC[C@@H]3C)c1C. The number of carbonyl (C=O) groups excluding carboxylic acids is 2. The molecular weight excluding hydrogens is 456 g/mol. The van der Waals surface area contributed by atoms with Crippen LogP contribution >= 0.6 is 0 Å². The van der Waals surface area contributed by atoms with Crippen molar-refractivity contribution in [2.45, 2.75) is 97.4 Å². The Kier molecular flexibility index (Phi) is 7.34. The van der Waals surface area contributed by atoms with E-state index in [1.807, 2.05) is 55.5 Å². The first-order valence-electron chi connectivity index (χ1n) is 13.0. The van der Waals surface area contributed by atoms with Crippen LogP contribution in [0.1, 0.15) is 87.0 Å². The zero-order chi connectivity index (χ0) is 26.2. The maximum absolute atomic E-state index is 13.8. The van der Waals surface area contributed by atoms with Gasteiger partial charge in [-0.05, 0) is 83.1 Å². The summed E-state index contributed by atoms with van der Waals surface area (Å²) in [6.07, 6.45) is 3.49. The Labute approximate surface area is 214 Å². The molecular formula is C28H40N4O4. The highest BCUT2D eigenvalue weighted by Gasteiger charge is 2.41. The van der Waals surface area contributed by atoms with E-state index < -0.39 is 11.7 Å². The Hall–Kier alpha value is -3.03. The molecule has 2 aliphatic rings. The molecule has 1 N–H and O–H groups in total. The van der Waals surface area contributed by atoms with E-state index in [2.05, 4.69) is 19.2 Å². The van der Waals surface area contributed by atoms with Crippen molar-refractivity contribution in [1.82, 2.24) is 20.0 Å². The zero-order valence-corrected chi connectivity index (χ0v) is 22.7. The largest absolute Gasteiger partial charge is 0.496 e. The number of benzene rings is 1. The number of alkyl carbamates (subject to hydrolysis) is 1. The quantitative estimate of drug-likeness (QED) is 0.642. The van der Waals surface area contributed by atoms with Crippen LogP contribution in [0, 0.1) is 13.8 Å². The third kappa shape index (κ3) is 5.22. The van der Waals surface area contributed by atoms with E-state index in [0.717, 1.165) is 47.5 Å². The molecule has 3 atom stereocenters. The van der Waals surface area contributed by atoms with Gasteiger partial charge in [-0.3, -0.25) is 9.48 Å². The number of carbonyl (C=O) groups is 2. The number of aromatic nitrogens is 2. The second kappa shape index (κ2) is 10.1. The van der Waals surface area contributed by atoms with Crippen LogP contribution in [-0.2, 0) is 22.5 Å². The molecule has 2 aromatic rings. The minimum absolute atomic E-state index is 0.00805. The van der Waals surface area contributed by atoms with Crippen molar-refractivity contribution in [2.24, 2.45) is 0 Å². The van der Waals surface area contributed by atoms with Crippen LogP contribution in [-0.4, -0.2) is 52.0 Å². The van der Waals surface area contributed by atoms with E-state index >= 15 is 0 Å². The Morgan fingerprint density at radius 1 is 1.19 bits per heavy atom. The Morgan fingerprint density at radius 3 is 2.61 bits per heavy atom. The molecule has 1 aromatic heterocycles. The fourth-order valence-electron chi connectivity index (χ4n) is 5.65. The Balaban J connectivity index is 1.63. The summed E-state index contributed by atoms with van der Waals surface area (Å²) in [6.45, 7) is 12.5. The minimum atomic E-state index is -0.604. The van der Waals surface area contributed by atoms with Crippen LogP contribution in [0.25, 0.3) is 0 Å². The molecule has 0 unspecified atom stereocenters. The summed E-state index contributed by atoms with van der Waals surface area (Å²) in [5, 5.41) is 7.89. The summed E-state index contributed by atoms with van der Waals surface area (Å²) >= 11 is 0. The van der Waals surface area contributed by atoms with Gasteiger partial charge in [-0.2, -0.15) is 5.10 Å². The zero-order valence-electron chi connectivity index (χ0n) is 22.7. The van der Waals surface area contributed by atoms with Crippen molar-refractivity contribution in [1.29, 1.82) is 0 Å². The fourth-order valence-corrected chi connectivity index (χ4v) is 5.65. The molecule has 2 heterocycles. The van der Waals surface area contributed by atoms with Crippen LogP contribution in [0.5, 0.6) is 5.75 Å². The number of nitrogens with one attached hydrogen (secondary N) is 1. The molecule has 196 valence electrons. The minimum Gasteiger partial charge on any atom is -0.496 e. The number of hydrogen-bond donors (Lipinski definition) is 1. The van der Waals surface area contributed by atoms with Crippen molar-refractivity contribution in [2.75, 3.05) is 13.7 Å². The van der Waals surface area contributed by atoms with Gasteiger partial charge in [0.15, 0.2) is 0 Å². The fraction of sp³-hybridized carbons (Fsp3) is 0.607. The first-order chi connectivity index (χ1) is 17.0. The Morgan fingerprint density at radius 2 is 1.94 bits per heavy atom. The lowest BCUT2D eigenvalue weighted by atomic mass is 9.88. The highest BCUT2D eigenvalue weighted by molar-refractivity contribution is 5.78. The van der Waals surface area contributed by atoms with Crippen molar-refractivity contribution in [3.05, 3.63) is 46.3 Å². The average Bonchev–Trinajstić information content (AvgIpc) is 3.35. The second-order valence-corrected chi connectivity index (χ2v) is 11.1. The van der Waals surface area contributed by atoms with Crippen LogP contribution in [0.3, 0.4) is 0 Å². The van der Waals surface area contributed by atoms with E-state index in [1.165, 1.54) is 5.56 Å². The number of ether oxygens (including phenoxy) is 2. The molecule has 0 radical (unpaired) electrons. The molecule has 0 spiro atoms. The predicted octanol–water partition coefficient (Wildman–Crippen LogP) is 4.82. The van der Waals surface area contributed by atoms with Crippen LogP contribution in [0.15, 0.2) is 18.2 Å². The molecule has 0 saturated carbocycles. The van der Waals surface area contributed by atoms with Crippen molar-refractivity contribution in [3.63, 3.8) is 0 Å². The number of fused-ring (bicyclic) bond motifs is 1. The van der Waals surface area contributed by atoms with Crippen molar-refractivity contribution in [3.8, 4) is 5.75 Å². The van der Waals surface area contributed by atoms with E-state index in [4.69, 9.17) is 14.6 Å². The number of nitrogens with zero attached hydrogens (tertiary/aromatic N) is 3. The van der Waals surface area contributed by atoms with Crippen molar-refractivity contribution >= 4 is 12.0 Å². The summed E-state index contributed by atoms with van der Waals surface area (Å²) in [5.74, 6) is 1.17. The summed E-state index contributed by atoms with van der Waals surface area (Å²) in [6, 6.07) is 5.25. The van der Waals surface area contributed by atoms with E-state index in [9.17, 15) is 9.59 Å². The van der Waals surface area contributed by atoms with Gasteiger partial charge in [-0.1, -0.05) is 19.1 Å². The maximum Gasteiger partial charge on any atom is 0.407 e. The summed E-state index contributed by atoms with van der Waals surface area (Å²) in [4.78, 5) is 28.3. The van der Waals surface area contributed by atoms with Gasteiger partial charge in [0.2, 0.25) is 5.91 Å². The smallest absolute Gasteiger partial charge is 0.407 e. The summed E-state index contributed by atoms with van der Waals surface area (Å²) in [7, 11) is 1.64. The van der Waals surface area contributed by atoms with Crippen molar-refractivity contribution < 1.29 is 19.1 Å². The number of methoxy groups -OCH3 is 1. The van der Waals surface area contributed by atoms with Gasteiger partial charge in [-0.15, -0.1) is 0 Å². The third-order valence-corrected chi connectivity index (χ3v) is 7.46. The molecule has 8 nitrogen and oxygen atoms in total. The van der Waals surface area contributed by atoms with Crippen LogP contribution < -0.4 is 10.1 Å². The van der Waals surface area contributed by atoms with Gasteiger partial charge in [-0.25, -0.2) is 4.79 Å². The predicted molar refractivity (Wildman–Crippen MR) is 138 cm³/mol. The first-order valence-corrected chi connectivity index (χ1v) is 13.0. The summed E-state index contributed by atoms with van der Waals surface area (Å²) in [5.41, 5.74) is 4.84. The average molecular weight is 497 g/mol. The molecule has 1 aromatic carbocycles. The normalized spacial score (nSPS) is 21.8. The van der Waals surface area contributed by atoms with Gasteiger partial charge in [0, 0.05) is 18.2 Å². The number of hydrogen-bond acceptors (Lipinski definition) is 5. The number of amides is 2. The third-order valence-electron chi connectivity index (χ3n) is 7.46. The number of rotatable bonds is 5. The van der Waals surface area contributed by atoms with Gasteiger partial charge in [0.1, 0.15) is 17.9 Å². The lowest BCUT2D eigenvalue weighted by Crippen LogP contribution is -2.44. The molecule has 8 heteroatoms. The number of likely N-dealkylation sites (tertiary alicyclic amines) is 1. The highest BCUT2D eigenvalue weighted by Crippen LogP contribution is 2.38. The molecule has 1 aliphatic carbocycles. The van der Waals surface area contributed by atoms with E-state index in [-0.39, 0.29) is 24.5 Å². The molecule has 4 rings (SSSR count). The Bertz CT molecular complexity index is 1130.